The first-order valence-corrected chi connectivity index (χ1v) is 7.57. The Morgan fingerprint density at radius 2 is 1.89 bits per heavy atom. The number of likely N-dealkylation sites (tertiary alicyclic amines) is 1. The number of rotatable bonds is 7. The minimum absolute atomic E-state index is 0.0955. The van der Waals surface area contributed by atoms with Crippen LogP contribution in [0.4, 0.5) is 0 Å². The fourth-order valence-electron chi connectivity index (χ4n) is 3.32. The third kappa shape index (κ3) is 5.25. The van der Waals surface area contributed by atoms with E-state index < -0.39 is 0 Å². The molecule has 0 bridgehead atoms. The first kappa shape index (κ1) is 15.9. The summed E-state index contributed by atoms with van der Waals surface area (Å²) < 4.78 is 0. The number of likely N-dealkylation sites (N-methyl/N-ethyl adjacent to an activating group) is 1. The third-order valence-corrected chi connectivity index (χ3v) is 4.10. The van der Waals surface area contributed by atoms with Gasteiger partial charge >= 0.3 is 0 Å². The van der Waals surface area contributed by atoms with Gasteiger partial charge in [0.15, 0.2) is 0 Å². The van der Waals surface area contributed by atoms with Gasteiger partial charge in [-0.25, -0.2) is 0 Å². The molecule has 0 spiro atoms. The Bertz CT molecular complexity index is 225. The van der Waals surface area contributed by atoms with Crippen molar-refractivity contribution in [1.29, 1.82) is 0 Å². The van der Waals surface area contributed by atoms with E-state index in [1.165, 1.54) is 32.5 Å². The van der Waals surface area contributed by atoms with Gasteiger partial charge in [-0.15, -0.1) is 0 Å². The highest BCUT2D eigenvalue weighted by Gasteiger charge is 2.24. The topological polar surface area (TPSA) is 35.5 Å². The second kappa shape index (κ2) is 7.46. The quantitative estimate of drug-likeness (QED) is 0.732. The van der Waals surface area contributed by atoms with Crippen molar-refractivity contribution in [3.8, 4) is 0 Å². The molecular formula is C15H32N2O. The summed E-state index contributed by atoms with van der Waals surface area (Å²) >= 11 is 0. The molecule has 0 aromatic heterocycles. The van der Waals surface area contributed by atoms with Crippen LogP contribution in [-0.2, 0) is 0 Å². The van der Waals surface area contributed by atoms with Gasteiger partial charge in [0.1, 0.15) is 0 Å². The minimum atomic E-state index is -0.0955. The van der Waals surface area contributed by atoms with Crippen molar-refractivity contribution in [2.24, 2.45) is 11.8 Å². The summed E-state index contributed by atoms with van der Waals surface area (Å²) in [4.78, 5) is 2.60. The molecule has 0 aliphatic carbocycles. The molecule has 108 valence electrons. The van der Waals surface area contributed by atoms with Crippen LogP contribution in [0, 0.1) is 11.8 Å². The van der Waals surface area contributed by atoms with Crippen molar-refractivity contribution in [2.75, 3.05) is 32.8 Å². The molecule has 1 fully saturated rings. The molecule has 1 aliphatic heterocycles. The number of hydrogen-bond donors (Lipinski definition) is 2. The van der Waals surface area contributed by atoms with Crippen LogP contribution in [0.25, 0.3) is 0 Å². The zero-order valence-corrected chi connectivity index (χ0v) is 12.7. The summed E-state index contributed by atoms with van der Waals surface area (Å²) in [5.41, 5.74) is -0.0955. The van der Waals surface area contributed by atoms with Crippen molar-refractivity contribution in [3.05, 3.63) is 0 Å². The molecule has 2 N–H and O–H groups in total. The van der Waals surface area contributed by atoms with E-state index in [9.17, 15) is 5.11 Å². The normalized spacial score (nSPS) is 29.2. The zero-order chi connectivity index (χ0) is 13.6. The van der Waals surface area contributed by atoms with Gasteiger partial charge in [0.25, 0.3) is 0 Å². The molecule has 3 heteroatoms. The predicted molar refractivity (Wildman–Crippen MR) is 77.8 cm³/mol. The molecule has 3 nitrogen and oxygen atoms in total. The van der Waals surface area contributed by atoms with Crippen LogP contribution in [0.2, 0.25) is 0 Å². The summed E-state index contributed by atoms with van der Waals surface area (Å²) in [7, 11) is 0. The molecule has 1 saturated heterocycles. The molecule has 3 atom stereocenters. The Balaban J connectivity index is 2.27. The number of aliphatic hydroxyl groups is 1. The van der Waals surface area contributed by atoms with Crippen LogP contribution < -0.4 is 5.32 Å². The summed E-state index contributed by atoms with van der Waals surface area (Å²) in [5.74, 6) is 1.68. The highest BCUT2D eigenvalue weighted by atomic mass is 16.3. The Morgan fingerprint density at radius 3 is 2.39 bits per heavy atom. The molecule has 0 amide bonds. The number of piperidine rings is 1. The van der Waals surface area contributed by atoms with E-state index in [4.69, 9.17) is 0 Å². The summed E-state index contributed by atoms with van der Waals surface area (Å²) in [6.07, 6.45) is 3.60. The lowest BCUT2D eigenvalue weighted by atomic mass is 9.91. The largest absolute Gasteiger partial charge is 0.394 e. The van der Waals surface area contributed by atoms with E-state index in [-0.39, 0.29) is 12.1 Å². The lowest BCUT2D eigenvalue weighted by Crippen LogP contribution is -2.46. The van der Waals surface area contributed by atoms with Crippen LogP contribution in [0.3, 0.4) is 0 Å². The monoisotopic (exact) mass is 256 g/mol. The van der Waals surface area contributed by atoms with E-state index in [1.54, 1.807) is 0 Å². The zero-order valence-electron chi connectivity index (χ0n) is 12.7. The van der Waals surface area contributed by atoms with E-state index in [0.29, 0.717) is 0 Å². The number of aliphatic hydroxyl groups excluding tert-OH is 1. The maximum Gasteiger partial charge on any atom is 0.0610 e. The van der Waals surface area contributed by atoms with Crippen molar-refractivity contribution < 1.29 is 5.11 Å². The minimum Gasteiger partial charge on any atom is -0.394 e. The summed E-state index contributed by atoms with van der Waals surface area (Å²) in [6.45, 7) is 13.8. The van der Waals surface area contributed by atoms with Crippen LogP contribution >= 0.6 is 0 Å². The smallest absolute Gasteiger partial charge is 0.0610 e. The molecule has 0 saturated carbocycles. The van der Waals surface area contributed by atoms with Gasteiger partial charge in [0.2, 0.25) is 0 Å². The first-order valence-electron chi connectivity index (χ1n) is 7.57. The average Bonchev–Trinajstić information content (AvgIpc) is 2.28. The van der Waals surface area contributed by atoms with E-state index in [0.717, 1.165) is 24.8 Å². The van der Waals surface area contributed by atoms with Crippen LogP contribution in [0.15, 0.2) is 0 Å². The fourth-order valence-corrected chi connectivity index (χ4v) is 3.32. The molecule has 1 heterocycles. The van der Waals surface area contributed by atoms with Crippen LogP contribution in [0.1, 0.15) is 47.0 Å². The third-order valence-electron chi connectivity index (χ3n) is 4.10. The van der Waals surface area contributed by atoms with Crippen molar-refractivity contribution in [1.82, 2.24) is 10.2 Å². The number of hydrogen-bond acceptors (Lipinski definition) is 3. The van der Waals surface area contributed by atoms with Crippen molar-refractivity contribution in [2.45, 2.75) is 52.5 Å². The Kier molecular flexibility index (Phi) is 6.61. The van der Waals surface area contributed by atoms with Gasteiger partial charge in [0, 0.05) is 18.6 Å². The van der Waals surface area contributed by atoms with Crippen LogP contribution in [0.5, 0.6) is 0 Å². The summed E-state index contributed by atoms with van der Waals surface area (Å²) in [5, 5.41) is 12.9. The van der Waals surface area contributed by atoms with Gasteiger partial charge in [-0.3, -0.25) is 0 Å². The Morgan fingerprint density at radius 1 is 1.28 bits per heavy atom. The first-order chi connectivity index (χ1) is 8.49. The van der Waals surface area contributed by atoms with E-state index in [2.05, 4.69) is 37.9 Å². The van der Waals surface area contributed by atoms with Gasteiger partial charge in [-0.1, -0.05) is 20.8 Å². The van der Waals surface area contributed by atoms with E-state index >= 15 is 0 Å². The Hall–Kier alpha value is -0.120. The number of nitrogens with zero attached hydrogens (tertiary/aromatic N) is 1. The maximum atomic E-state index is 9.46. The lowest BCUT2D eigenvalue weighted by molar-refractivity contribution is 0.124. The highest BCUT2D eigenvalue weighted by molar-refractivity contribution is 4.82. The molecule has 0 aromatic rings. The SMILES string of the molecule is CCNC(C)(CO)CCCN1CC(C)CC(C)C1. The second-order valence-corrected chi connectivity index (χ2v) is 6.56. The molecule has 1 rings (SSSR count). The Labute approximate surface area is 113 Å². The van der Waals surface area contributed by atoms with Crippen LogP contribution in [-0.4, -0.2) is 48.3 Å². The average molecular weight is 256 g/mol. The molecular weight excluding hydrogens is 224 g/mol. The lowest BCUT2D eigenvalue weighted by Gasteiger charge is -2.36. The van der Waals surface area contributed by atoms with Crippen molar-refractivity contribution >= 4 is 0 Å². The molecule has 3 unspecified atom stereocenters. The van der Waals surface area contributed by atoms with E-state index in [1.807, 2.05) is 0 Å². The fraction of sp³-hybridized carbons (Fsp3) is 1.00. The molecule has 1 aliphatic rings. The van der Waals surface area contributed by atoms with Gasteiger partial charge in [-0.2, -0.15) is 0 Å². The molecule has 18 heavy (non-hydrogen) atoms. The maximum absolute atomic E-state index is 9.46. The van der Waals surface area contributed by atoms with Gasteiger partial charge < -0.3 is 15.3 Å². The van der Waals surface area contributed by atoms with Gasteiger partial charge in [-0.05, 0) is 51.1 Å². The standard InChI is InChI=1S/C15H32N2O/c1-5-16-15(4,12-18)7-6-8-17-10-13(2)9-14(3)11-17/h13-14,16,18H,5-12H2,1-4H3. The molecule has 0 aromatic carbocycles. The highest BCUT2D eigenvalue weighted by Crippen LogP contribution is 2.21. The van der Waals surface area contributed by atoms with Gasteiger partial charge in [0.05, 0.1) is 6.61 Å². The number of nitrogens with one attached hydrogen (secondary N) is 1. The predicted octanol–water partition coefficient (Wildman–Crippen LogP) is 2.10. The molecule has 0 radical (unpaired) electrons. The summed E-state index contributed by atoms with van der Waals surface area (Å²) in [6, 6.07) is 0. The van der Waals surface area contributed by atoms with Crippen molar-refractivity contribution in [3.63, 3.8) is 0 Å². The second-order valence-electron chi connectivity index (χ2n) is 6.56.